The van der Waals surface area contributed by atoms with Gasteiger partial charge in [0.15, 0.2) is 0 Å². The molecule has 7 atom stereocenters. The number of halogens is 1. The van der Waals surface area contributed by atoms with Gasteiger partial charge in [-0.05, 0) is 42.7 Å². The number of hydrogen-bond acceptors (Lipinski definition) is 7. The Labute approximate surface area is 266 Å². The fraction of sp³-hybridized carbons (Fsp3) is 0.344. The number of carbonyl (C=O) groups excluding carboxylic acids is 3. The highest BCUT2D eigenvalue weighted by Crippen LogP contribution is 2.68. The van der Waals surface area contributed by atoms with Crippen molar-refractivity contribution in [2.24, 2.45) is 11.8 Å². The quantitative estimate of drug-likeness (QED) is 0.233. The van der Waals surface area contributed by atoms with Crippen molar-refractivity contribution < 1.29 is 19.5 Å². The Morgan fingerprint density at radius 3 is 2.48 bits per heavy atom. The summed E-state index contributed by atoms with van der Waals surface area (Å²) >= 11 is 5.37. The van der Waals surface area contributed by atoms with Gasteiger partial charge in [0.25, 0.3) is 0 Å². The molecule has 7 rings (SSSR count). The Bertz CT molecular complexity index is 1710. The molecule has 3 unspecified atom stereocenters. The summed E-state index contributed by atoms with van der Waals surface area (Å²) < 4.78 is 0.757. The topological polar surface area (TPSA) is 129 Å². The highest BCUT2D eigenvalue weighted by molar-refractivity contribution is 9.09. The molecular weight excluding hydrogens is 644 g/mol. The third-order valence-electron chi connectivity index (χ3n) is 9.06. The zero-order chi connectivity index (χ0) is 30.4. The summed E-state index contributed by atoms with van der Waals surface area (Å²) in [6.07, 6.45) is 0.911. The molecule has 226 valence electrons. The van der Waals surface area contributed by atoms with Gasteiger partial charge in [-0.25, -0.2) is 4.68 Å². The van der Waals surface area contributed by atoms with Crippen molar-refractivity contribution in [2.75, 3.05) is 11.9 Å². The molecular formula is C32H31BrN6O4S. The zero-order valence-corrected chi connectivity index (χ0v) is 26.0. The van der Waals surface area contributed by atoms with E-state index in [0.717, 1.165) is 11.1 Å². The van der Waals surface area contributed by atoms with Crippen LogP contribution in [0.4, 0.5) is 5.69 Å². The van der Waals surface area contributed by atoms with Crippen molar-refractivity contribution >= 4 is 62.1 Å². The maximum Gasteiger partial charge on any atom is 0.245 e. The smallest absolute Gasteiger partial charge is 0.245 e. The van der Waals surface area contributed by atoms with Gasteiger partial charge < -0.3 is 20.6 Å². The molecule has 3 N–H and O–H groups in total. The lowest BCUT2D eigenvalue weighted by Gasteiger charge is -2.37. The fourth-order valence-electron chi connectivity index (χ4n) is 7.23. The van der Waals surface area contributed by atoms with Gasteiger partial charge in [-0.15, -0.1) is 16.9 Å². The van der Waals surface area contributed by atoms with Crippen LogP contribution in [-0.4, -0.2) is 76.2 Å². The first-order valence-corrected chi connectivity index (χ1v) is 16.4. The Morgan fingerprint density at radius 1 is 1.02 bits per heavy atom. The van der Waals surface area contributed by atoms with Crippen LogP contribution >= 0.6 is 27.7 Å². The third kappa shape index (κ3) is 4.79. The van der Waals surface area contributed by atoms with E-state index in [1.165, 1.54) is 0 Å². The average molecular weight is 676 g/mol. The monoisotopic (exact) mass is 674 g/mol. The first kappa shape index (κ1) is 29.0. The van der Waals surface area contributed by atoms with E-state index in [2.05, 4.69) is 36.9 Å². The van der Waals surface area contributed by atoms with Crippen LogP contribution in [0, 0.1) is 11.8 Å². The molecule has 10 nitrogen and oxygen atoms in total. The maximum atomic E-state index is 14.6. The fourth-order valence-corrected chi connectivity index (χ4v) is 10.8. The number of nitrogens with zero attached hydrogens (tertiary/aromatic N) is 4. The van der Waals surface area contributed by atoms with Crippen LogP contribution in [0.2, 0.25) is 0 Å². The molecule has 2 bridgehead atoms. The van der Waals surface area contributed by atoms with Crippen molar-refractivity contribution in [2.45, 2.75) is 46.4 Å². The highest BCUT2D eigenvalue weighted by atomic mass is 79.9. The summed E-state index contributed by atoms with van der Waals surface area (Å²) in [6, 6.07) is 24.7. The van der Waals surface area contributed by atoms with E-state index in [1.54, 1.807) is 21.3 Å². The van der Waals surface area contributed by atoms with Crippen LogP contribution in [0.1, 0.15) is 12.0 Å². The average Bonchev–Trinajstić information content (AvgIpc) is 3.76. The Morgan fingerprint density at radius 2 is 1.73 bits per heavy atom. The number of aliphatic hydroxyl groups is 1. The summed E-state index contributed by atoms with van der Waals surface area (Å²) in [6.45, 7) is -0.265. The van der Waals surface area contributed by atoms with Gasteiger partial charge in [0.05, 0.1) is 34.7 Å². The lowest BCUT2D eigenvalue weighted by molar-refractivity contribution is -0.142. The number of anilines is 1. The Hall–Kier alpha value is -3.74. The van der Waals surface area contributed by atoms with E-state index in [1.807, 2.05) is 84.9 Å². The van der Waals surface area contributed by atoms with Crippen molar-refractivity contribution in [1.29, 1.82) is 0 Å². The van der Waals surface area contributed by atoms with Crippen LogP contribution in [0.3, 0.4) is 0 Å². The van der Waals surface area contributed by atoms with E-state index in [-0.39, 0.29) is 41.1 Å². The summed E-state index contributed by atoms with van der Waals surface area (Å²) in [5.41, 5.74) is 3.07. The number of nitrogens with one attached hydrogen (secondary N) is 2. The summed E-state index contributed by atoms with van der Waals surface area (Å²) in [7, 11) is 0. The minimum Gasteiger partial charge on any atom is -0.394 e. The van der Waals surface area contributed by atoms with E-state index < -0.39 is 28.7 Å². The Balaban J connectivity index is 1.24. The number of para-hydroxylation sites is 2. The lowest BCUT2D eigenvalue weighted by atomic mass is 9.70. The molecule has 3 fully saturated rings. The molecule has 4 heterocycles. The van der Waals surface area contributed by atoms with Gasteiger partial charge in [-0.3, -0.25) is 14.4 Å². The minimum atomic E-state index is -0.903. The van der Waals surface area contributed by atoms with Crippen LogP contribution in [-0.2, 0) is 27.5 Å². The van der Waals surface area contributed by atoms with Crippen molar-refractivity contribution in [3.8, 4) is 0 Å². The number of fused-ring (bicyclic) bond motifs is 2. The van der Waals surface area contributed by atoms with Gasteiger partial charge in [-0.1, -0.05) is 81.8 Å². The van der Waals surface area contributed by atoms with Gasteiger partial charge in [-0.2, -0.15) is 0 Å². The second kappa shape index (κ2) is 11.6. The van der Waals surface area contributed by atoms with Crippen molar-refractivity contribution in [1.82, 2.24) is 25.2 Å². The van der Waals surface area contributed by atoms with Crippen LogP contribution in [0.25, 0.3) is 11.0 Å². The number of rotatable bonds is 9. The molecule has 12 heteroatoms. The molecule has 1 spiro atoms. The number of alkyl halides is 1. The second-order valence-electron chi connectivity index (χ2n) is 11.6. The zero-order valence-electron chi connectivity index (χ0n) is 23.6. The maximum absolute atomic E-state index is 14.6. The number of aromatic nitrogens is 3. The van der Waals surface area contributed by atoms with Gasteiger partial charge in [0, 0.05) is 15.8 Å². The minimum absolute atomic E-state index is 0.0604. The number of carbonyl (C=O) groups is 3. The third-order valence-corrected chi connectivity index (χ3v) is 12.3. The van der Waals surface area contributed by atoms with E-state index in [4.69, 9.17) is 0 Å². The van der Waals surface area contributed by atoms with Gasteiger partial charge in [0.2, 0.25) is 17.7 Å². The SMILES string of the molecule is O=C(NCn1nnc2ccccc21)C1N([C@@H](CO)Cc2ccccc2)C(=O)[C@@H]2[C@H](C(=O)Nc3ccccc3)[C@H]3SC12CC3Br. The molecule has 3 amide bonds. The lowest BCUT2D eigenvalue weighted by Crippen LogP contribution is -2.57. The van der Waals surface area contributed by atoms with Crippen LogP contribution < -0.4 is 10.6 Å². The van der Waals surface area contributed by atoms with Crippen molar-refractivity contribution in [3.05, 3.63) is 90.5 Å². The molecule has 1 aromatic heterocycles. The van der Waals surface area contributed by atoms with Gasteiger partial charge in [0.1, 0.15) is 18.2 Å². The highest BCUT2D eigenvalue weighted by Gasteiger charge is 2.76. The van der Waals surface area contributed by atoms with E-state index in [0.29, 0.717) is 24.0 Å². The van der Waals surface area contributed by atoms with E-state index in [9.17, 15) is 19.5 Å². The summed E-state index contributed by atoms with van der Waals surface area (Å²) in [5, 5.41) is 24.9. The summed E-state index contributed by atoms with van der Waals surface area (Å²) in [4.78, 5) is 44.3. The molecule has 3 aliphatic rings. The molecule has 0 saturated carbocycles. The molecule has 3 aliphatic heterocycles. The number of thioether (sulfide) groups is 1. The first-order chi connectivity index (χ1) is 21.4. The number of amides is 3. The van der Waals surface area contributed by atoms with Gasteiger partial charge >= 0.3 is 0 Å². The molecule has 44 heavy (non-hydrogen) atoms. The van der Waals surface area contributed by atoms with Crippen LogP contribution in [0.5, 0.6) is 0 Å². The number of benzene rings is 3. The van der Waals surface area contributed by atoms with Crippen molar-refractivity contribution in [3.63, 3.8) is 0 Å². The van der Waals surface area contributed by atoms with Crippen LogP contribution in [0.15, 0.2) is 84.9 Å². The molecule has 4 aromatic rings. The van der Waals surface area contributed by atoms with E-state index >= 15 is 0 Å². The number of hydrogen-bond donors (Lipinski definition) is 3. The second-order valence-corrected chi connectivity index (χ2v) is 14.3. The normalized spacial score (nSPS) is 27.8. The predicted octanol–water partition coefficient (Wildman–Crippen LogP) is 3.21. The first-order valence-electron chi connectivity index (χ1n) is 14.6. The molecule has 0 radical (unpaired) electrons. The number of aliphatic hydroxyl groups excluding tert-OH is 1. The largest absolute Gasteiger partial charge is 0.394 e. The number of likely N-dealkylation sites (tertiary alicyclic amines) is 1. The molecule has 3 saturated heterocycles. The Kier molecular flexibility index (Phi) is 7.67. The molecule has 3 aromatic carbocycles. The summed E-state index contributed by atoms with van der Waals surface area (Å²) in [5.74, 6) is -2.22. The predicted molar refractivity (Wildman–Crippen MR) is 171 cm³/mol. The molecule has 0 aliphatic carbocycles. The standard InChI is InChI=1S/C32H31BrN6O4S/c33-22-16-32-26(25(27(22)44-32)29(41)35-20-11-5-2-6-12-20)31(43)39(21(17-40)15-19-9-3-1-4-10-19)28(32)30(42)34-18-38-24-14-8-7-13-23(24)36-37-38/h1-14,21-22,25-28,40H,15-18H2,(H,34,42)(H,35,41)/t21-,22?,25+,26+,27+,28?,32?/m1/s1.